The maximum atomic E-state index is 13.7. The normalized spacial score (nSPS) is 15.7. The van der Waals surface area contributed by atoms with Gasteiger partial charge in [0.1, 0.15) is 5.82 Å². The van der Waals surface area contributed by atoms with Gasteiger partial charge < -0.3 is 4.74 Å². The Hall–Kier alpha value is -3.34. The van der Waals surface area contributed by atoms with Crippen molar-refractivity contribution in [1.82, 2.24) is 4.98 Å². The van der Waals surface area contributed by atoms with E-state index in [-0.39, 0.29) is 22.6 Å². The number of nitrogens with zero attached hydrogens (tertiary/aromatic N) is 2. The lowest BCUT2D eigenvalue weighted by atomic mass is 10.0. The zero-order valence-corrected chi connectivity index (χ0v) is 22.7. The highest BCUT2D eigenvalue weighted by Gasteiger charge is 2.28. The second kappa shape index (κ2) is 10.8. The van der Waals surface area contributed by atoms with Gasteiger partial charge in [-0.25, -0.2) is 17.8 Å². The zero-order chi connectivity index (χ0) is 26.9. The first-order valence-electron chi connectivity index (χ1n) is 12.4. The largest absolute Gasteiger partial charge is 0.376 e. The molecule has 1 aromatic heterocycles. The Labute approximate surface area is 225 Å². The number of carbonyl (C=O) groups is 1. The van der Waals surface area contributed by atoms with Gasteiger partial charge in [-0.2, -0.15) is 0 Å². The van der Waals surface area contributed by atoms with E-state index in [4.69, 9.17) is 9.72 Å². The van der Waals surface area contributed by atoms with E-state index in [9.17, 15) is 17.6 Å². The second-order valence-corrected chi connectivity index (χ2v) is 12.2. The molecule has 0 radical (unpaired) electrons. The zero-order valence-electron chi connectivity index (χ0n) is 21.1. The van der Waals surface area contributed by atoms with Crippen molar-refractivity contribution in [3.8, 4) is 0 Å². The maximum absolute atomic E-state index is 13.7. The minimum atomic E-state index is -3.90. The number of ether oxygens (including phenoxy) is 1. The van der Waals surface area contributed by atoms with E-state index in [1.54, 1.807) is 17.0 Å². The molecule has 0 saturated carbocycles. The van der Waals surface area contributed by atoms with Crippen molar-refractivity contribution in [3.63, 3.8) is 0 Å². The van der Waals surface area contributed by atoms with Crippen LogP contribution in [0.1, 0.15) is 48.5 Å². The van der Waals surface area contributed by atoms with Gasteiger partial charge in [-0.15, -0.1) is 0 Å². The molecule has 2 heterocycles. The molecule has 1 aliphatic rings. The van der Waals surface area contributed by atoms with E-state index in [1.165, 1.54) is 35.6 Å². The fraction of sp³-hybridized carbons (Fsp3) is 0.286. The SMILES string of the molecule is CC(C)c1cccc2sc(N(CC3CCCO3)C(=O)c3ccc(NS(=O)(=O)c4ccc(F)cc4)cc3)nc12. The highest BCUT2D eigenvalue weighted by molar-refractivity contribution is 7.92. The Morgan fingerprint density at radius 2 is 1.87 bits per heavy atom. The van der Waals surface area contributed by atoms with Crippen molar-refractivity contribution in [2.24, 2.45) is 0 Å². The predicted octanol–water partition coefficient (Wildman–Crippen LogP) is 6.19. The second-order valence-electron chi connectivity index (χ2n) is 9.53. The van der Waals surface area contributed by atoms with Crippen LogP contribution >= 0.6 is 11.3 Å². The van der Waals surface area contributed by atoms with Crippen LogP contribution in [0.15, 0.2) is 71.6 Å². The van der Waals surface area contributed by atoms with E-state index >= 15 is 0 Å². The average molecular weight is 554 g/mol. The summed E-state index contributed by atoms with van der Waals surface area (Å²) in [7, 11) is -3.90. The molecular weight excluding hydrogens is 525 g/mol. The van der Waals surface area contributed by atoms with Gasteiger partial charge in [-0.3, -0.25) is 14.4 Å². The quantitative estimate of drug-likeness (QED) is 0.281. The fourth-order valence-corrected chi connectivity index (χ4v) is 6.51. The standard InChI is InChI=1S/C28H28FN3O4S2/c1-18(2)24-6-3-7-25-26(24)30-28(37-25)32(17-22-5-4-16-36-22)27(33)19-8-12-21(13-9-19)31-38(34,35)23-14-10-20(29)11-15-23/h3,6-15,18,22,31H,4-5,16-17H2,1-2H3. The lowest BCUT2D eigenvalue weighted by Crippen LogP contribution is -2.37. The number of carbonyl (C=O) groups excluding carboxylic acids is 1. The van der Waals surface area contributed by atoms with E-state index in [2.05, 4.69) is 24.6 Å². The molecule has 10 heteroatoms. The Morgan fingerprint density at radius 1 is 1.13 bits per heavy atom. The van der Waals surface area contributed by atoms with Crippen molar-refractivity contribution in [1.29, 1.82) is 0 Å². The molecule has 1 N–H and O–H groups in total. The van der Waals surface area contributed by atoms with Crippen molar-refractivity contribution >= 4 is 48.3 Å². The molecule has 3 aromatic carbocycles. The van der Waals surface area contributed by atoms with Crippen LogP contribution in [0.2, 0.25) is 0 Å². The van der Waals surface area contributed by atoms with Gasteiger partial charge in [0.05, 0.1) is 27.8 Å². The smallest absolute Gasteiger partial charge is 0.261 e. The number of para-hydroxylation sites is 1. The van der Waals surface area contributed by atoms with Crippen LogP contribution in [-0.4, -0.2) is 38.6 Å². The van der Waals surface area contributed by atoms with Gasteiger partial charge in [0, 0.05) is 17.9 Å². The van der Waals surface area contributed by atoms with Crippen molar-refractivity contribution < 1.29 is 22.3 Å². The first kappa shape index (κ1) is 26.3. The maximum Gasteiger partial charge on any atom is 0.261 e. The molecule has 1 unspecified atom stereocenters. The van der Waals surface area contributed by atoms with Gasteiger partial charge in [0.2, 0.25) is 0 Å². The summed E-state index contributed by atoms with van der Waals surface area (Å²) < 4.78 is 47.8. The Bertz CT molecular complexity index is 1550. The number of sulfonamides is 1. The van der Waals surface area contributed by atoms with Gasteiger partial charge >= 0.3 is 0 Å². The number of fused-ring (bicyclic) bond motifs is 1. The minimum Gasteiger partial charge on any atom is -0.376 e. The summed E-state index contributed by atoms with van der Waals surface area (Å²) in [5.74, 6) is -0.464. The summed E-state index contributed by atoms with van der Waals surface area (Å²) in [6, 6.07) is 16.9. The Morgan fingerprint density at radius 3 is 2.53 bits per heavy atom. The number of anilines is 2. The molecule has 1 amide bonds. The van der Waals surface area contributed by atoms with Gasteiger partial charge in [-0.1, -0.05) is 37.3 Å². The minimum absolute atomic E-state index is 0.0570. The molecule has 0 spiro atoms. The number of hydrogen-bond donors (Lipinski definition) is 1. The van der Waals surface area contributed by atoms with Crippen LogP contribution in [0.5, 0.6) is 0 Å². The molecule has 1 saturated heterocycles. The van der Waals surface area contributed by atoms with Crippen LogP contribution in [0, 0.1) is 5.82 Å². The number of aromatic nitrogens is 1. The topological polar surface area (TPSA) is 88.6 Å². The van der Waals surface area contributed by atoms with E-state index in [0.29, 0.717) is 29.8 Å². The number of amides is 1. The van der Waals surface area contributed by atoms with Gasteiger partial charge in [0.15, 0.2) is 5.13 Å². The number of rotatable bonds is 8. The molecule has 1 fully saturated rings. The number of benzene rings is 3. The third-order valence-electron chi connectivity index (χ3n) is 6.46. The Balaban J connectivity index is 1.42. The van der Waals surface area contributed by atoms with E-state index in [1.807, 2.05) is 12.1 Å². The monoisotopic (exact) mass is 553 g/mol. The Kier molecular flexibility index (Phi) is 7.47. The van der Waals surface area contributed by atoms with Crippen molar-refractivity contribution in [3.05, 3.63) is 83.7 Å². The summed E-state index contributed by atoms with van der Waals surface area (Å²) in [6.45, 7) is 5.30. The van der Waals surface area contributed by atoms with Crippen LogP contribution in [-0.2, 0) is 14.8 Å². The third kappa shape index (κ3) is 5.57. The molecule has 198 valence electrons. The number of nitrogens with one attached hydrogen (secondary N) is 1. The number of hydrogen-bond acceptors (Lipinski definition) is 6. The average Bonchev–Trinajstić information content (AvgIpc) is 3.57. The highest BCUT2D eigenvalue weighted by Crippen LogP contribution is 2.35. The van der Waals surface area contributed by atoms with Gasteiger partial charge in [0.25, 0.3) is 15.9 Å². The van der Waals surface area contributed by atoms with Crippen LogP contribution < -0.4 is 9.62 Å². The molecule has 0 aliphatic carbocycles. The summed E-state index contributed by atoms with van der Waals surface area (Å²) in [5.41, 5.74) is 2.72. The molecule has 0 bridgehead atoms. The highest BCUT2D eigenvalue weighted by atomic mass is 32.2. The van der Waals surface area contributed by atoms with Crippen molar-refractivity contribution in [2.45, 2.75) is 43.6 Å². The molecule has 1 aliphatic heterocycles. The third-order valence-corrected chi connectivity index (χ3v) is 8.90. The van der Waals surface area contributed by atoms with Crippen LogP contribution in [0.25, 0.3) is 10.2 Å². The number of thiazole rings is 1. The number of halogens is 1. The summed E-state index contributed by atoms with van der Waals surface area (Å²) in [4.78, 5) is 20.2. The van der Waals surface area contributed by atoms with Gasteiger partial charge in [-0.05, 0) is 78.9 Å². The van der Waals surface area contributed by atoms with E-state index < -0.39 is 15.8 Å². The summed E-state index contributed by atoms with van der Waals surface area (Å²) in [6.07, 6.45) is 1.75. The first-order valence-corrected chi connectivity index (χ1v) is 14.7. The molecule has 5 rings (SSSR count). The molecule has 7 nitrogen and oxygen atoms in total. The molecule has 1 atom stereocenters. The lowest BCUT2D eigenvalue weighted by molar-refractivity contribution is 0.0917. The molecular formula is C28H28FN3O4S2. The van der Waals surface area contributed by atoms with Crippen LogP contribution in [0.4, 0.5) is 15.2 Å². The predicted molar refractivity (Wildman–Crippen MR) is 148 cm³/mol. The fourth-order valence-electron chi connectivity index (χ4n) is 4.44. The summed E-state index contributed by atoms with van der Waals surface area (Å²) >= 11 is 1.47. The first-order chi connectivity index (χ1) is 18.2. The molecule has 4 aromatic rings. The van der Waals surface area contributed by atoms with Crippen LogP contribution in [0.3, 0.4) is 0 Å². The summed E-state index contributed by atoms with van der Waals surface area (Å²) in [5, 5.41) is 0.606. The van der Waals surface area contributed by atoms with Crippen molar-refractivity contribution in [2.75, 3.05) is 22.8 Å². The molecule has 38 heavy (non-hydrogen) atoms. The van der Waals surface area contributed by atoms with E-state index in [0.717, 1.165) is 40.8 Å². The lowest BCUT2D eigenvalue weighted by Gasteiger charge is -2.23.